The lowest BCUT2D eigenvalue weighted by Gasteiger charge is -2.16. The average molecular weight is 249 g/mol. The molecule has 1 N–H and O–H groups in total. The second kappa shape index (κ2) is 5.43. The highest BCUT2D eigenvalue weighted by Crippen LogP contribution is 2.22. The molecule has 0 bridgehead atoms. The van der Waals surface area contributed by atoms with E-state index >= 15 is 0 Å². The van der Waals surface area contributed by atoms with Gasteiger partial charge in [0.2, 0.25) is 0 Å². The van der Waals surface area contributed by atoms with Crippen molar-refractivity contribution in [2.75, 3.05) is 12.8 Å². The first kappa shape index (κ1) is 14.3. The molecule has 0 aromatic carbocycles. The van der Waals surface area contributed by atoms with Gasteiger partial charge >= 0.3 is 12.3 Å². The highest BCUT2D eigenvalue weighted by Gasteiger charge is 2.48. The Morgan fingerprint density at radius 1 is 1.47 bits per heavy atom. The molecule has 0 saturated heterocycles. The average Bonchev–Trinajstić information content (AvgIpc) is 2.12. The Kier molecular flexibility index (Phi) is 5.19. The maximum absolute atomic E-state index is 12.4. The SMILES string of the molecule is CC(CNC(=O)C(F)(F)C(F)F)S(C)=O. The van der Waals surface area contributed by atoms with Crippen LogP contribution in [0.15, 0.2) is 0 Å². The van der Waals surface area contributed by atoms with E-state index in [9.17, 15) is 26.6 Å². The number of carbonyl (C=O) groups excluding carboxylic acids is 1. The van der Waals surface area contributed by atoms with Crippen LogP contribution < -0.4 is 5.32 Å². The maximum Gasteiger partial charge on any atom is 0.383 e. The zero-order chi connectivity index (χ0) is 12.2. The number of halogens is 4. The van der Waals surface area contributed by atoms with Crippen molar-refractivity contribution in [1.82, 2.24) is 5.32 Å². The van der Waals surface area contributed by atoms with Crippen molar-refractivity contribution in [2.24, 2.45) is 0 Å². The van der Waals surface area contributed by atoms with Crippen molar-refractivity contribution >= 4 is 16.7 Å². The first-order valence-electron chi connectivity index (χ1n) is 3.96. The van der Waals surface area contributed by atoms with Gasteiger partial charge in [-0.05, 0) is 6.92 Å². The zero-order valence-corrected chi connectivity index (χ0v) is 8.91. The van der Waals surface area contributed by atoms with E-state index in [4.69, 9.17) is 0 Å². The Morgan fingerprint density at radius 3 is 2.27 bits per heavy atom. The van der Waals surface area contributed by atoms with Gasteiger partial charge in [-0.1, -0.05) is 0 Å². The standard InChI is InChI=1S/C7H11F4NO2S/c1-4(15(2)14)3-12-6(13)7(10,11)5(8)9/h4-5H,3H2,1-2H3,(H,12,13). The van der Waals surface area contributed by atoms with Crippen LogP contribution >= 0.6 is 0 Å². The van der Waals surface area contributed by atoms with Gasteiger partial charge in [0.25, 0.3) is 5.91 Å². The van der Waals surface area contributed by atoms with Crippen LogP contribution in [0.2, 0.25) is 0 Å². The normalized spacial score (nSPS) is 16.2. The third-order valence-electron chi connectivity index (χ3n) is 1.69. The van der Waals surface area contributed by atoms with Crippen molar-refractivity contribution in [1.29, 1.82) is 0 Å². The molecule has 0 fully saturated rings. The lowest BCUT2D eigenvalue weighted by atomic mass is 10.3. The summed E-state index contributed by atoms with van der Waals surface area (Å²) in [6.45, 7) is 1.11. The molecule has 90 valence electrons. The molecule has 0 aromatic heterocycles. The summed E-state index contributed by atoms with van der Waals surface area (Å²) < 4.78 is 58.8. The van der Waals surface area contributed by atoms with Crippen LogP contribution in [0.25, 0.3) is 0 Å². The Hall–Kier alpha value is -0.660. The molecule has 3 nitrogen and oxygen atoms in total. The van der Waals surface area contributed by atoms with Gasteiger partial charge in [0.05, 0.1) is 0 Å². The van der Waals surface area contributed by atoms with E-state index in [1.807, 2.05) is 0 Å². The summed E-state index contributed by atoms with van der Waals surface area (Å²) in [6, 6.07) is 0. The number of hydrogen-bond donors (Lipinski definition) is 1. The van der Waals surface area contributed by atoms with Gasteiger partial charge < -0.3 is 5.32 Å². The van der Waals surface area contributed by atoms with Crippen LogP contribution in [0, 0.1) is 0 Å². The number of hydrogen-bond acceptors (Lipinski definition) is 2. The van der Waals surface area contributed by atoms with E-state index in [2.05, 4.69) is 0 Å². The number of nitrogens with one attached hydrogen (secondary N) is 1. The summed E-state index contributed by atoms with van der Waals surface area (Å²) in [5.74, 6) is -6.75. The topological polar surface area (TPSA) is 46.2 Å². The molecule has 8 heteroatoms. The molecule has 0 aliphatic rings. The molecule has 0 saturated carbocycles. The van der Waals surface area contributed by atoms with E-state index in [-0.39, 0.29) is 6.54 Å². The van der Waals surface area contributed by atoms with Crippen molar-refractivity contribution in [2.45, 2.75) is 24.5 Å². The van der Waals surface area contributed by atoms with Gasteiger partial charge in [0.15, 0.2) is 0 Å². The first-order chi connectivity index (χ1) is 6.69. The predicted molar refractivity (Wildman–Crippen MR) is 47.5 cm³/mol. The minimum atomic E-state index is -4.70. The Labute approximate surface area is 86.7 Å². The predicted octanol–water partition coefficient (Wildman–Crippen LogP) is 0.770. The van der Waals surface area contributed by atoms with Crippen molar-refractivity contribution in [3.05, 3.63) is 0 Å². The van der Waals surface area contributed by atoms with E-state index in [1.54, 1.807) is 5.32 Å². The van der Waals surface area contributed by atoms with Gasteiger partial charge in [0.1, 0.15) is 0 Å². The summed E-state index contributed by atoms with van der Waals surface area (Å²) >= 11 is 0. The molecule has 0 aliphatic heterocycles. The van der Waals surface area contributed by atoms with Crippen LogP contribution in [0.5, 0.6) is 0 Å². The zero-order valence-electron chi connectivity index (χ0n) is 8.10. The first-order valence-corrected chi connectivity index (χ1v) is 5.58. The van der Waals surface area contributed by atoms with Crippen LogP contribution in [0.1, 0.15) is 6.92 Å². The molecule has 2 unspecified atom stereocenters. The van der Waals surface area contributed by atoms with Crippen LogP contribution in [-0.2, 0) is 15.6 Å². The van der Waals surface area contributed by atoms with Gasteiger partial charge in [-0.15, -0.1) is 0 Å². The van der Waals surface area contributed by atoms with Gasteiger partial charge in [-0.25, -0.2) is 8.78 Å². The largest absolute Gasteiger partial charge is 0.383 e. The molecule has 0 radical (unpaired) electrons. The lowest BCUT2D eigenvalue weighted by Crippen LogP contribution is -2.47. The summed E-state index contributed by atoms with van der Waals surface area (Å²) in [4.78, 5) is 10.6. The third-order valence-corrected chi connectivity index (χ3v) is 2.99. The molecular formula is C7H11F4NO2S. The van der Waals surface area contributed by atoms with Gasteiger partial charge in [-0.3, -0.25) is 9.00 Å². The second-order valence-electron chi connectivity index (χ2n) is 2.94. The Bertz CT molecular complexity index is 259. The molecule has 0 rings (SSSR count). The summed E-state index contributed by atoms with van der Waals surface area (Å²) in [7, 11) is -1.31. The van der Waals surface area contributed by atoms with Crippen LogP contribution in [0.4, 0.5) is 17.6 Å². The highest BCUT2D eigenvalue weighted by atomic mass is 32.2. The fourth-order valence-corrected chi connectivity index (χ4v) is 0.889. The molecule has 0 aromatic rings. The van der Waals surface area contributed by atoms with Crippen molar-refractivity contribution in [3.63, 3.8) is 0 Å². The monoisotopic (exact) mass is 249 g/mol. The van der Waals surface area contributed by atoms with Crippen molar-refractivity contribution < 1.29 is 26.6 Å². The highest BCUT2D eigenvalue weighted by molar-refractivity contribution is 7.84. The molecule has 0 heterocycles. The van der Waals surface area contributed by atoms with Gasteiger partial charge in [0, 0.05) is 28.9 Å². The fraction of sp³-hybridized carbons (Fsp3) is 0.857. The van der Waals surface area contributed by atoms with E-state index in [1.165, 1.54) is 13.2 Å². The number of amides is 1. The Morgan fingerprint density at radius 2 is 1.93 bits per heavy atom. The molecule has 15 heavy (non-hydrogen) atoms. The second-order valence-corrected chi connectivity index (χ2v) is 4.74. The van der Waals surface area contributed by atoms with E-state index in [0.717, 1.165) is 0 Å². The minimum Gasteiger partial charge on any atom is -0.349 e. The number of alkyl halides is 4. The van der Waals surface area contributed by atoms with E-state index in [0.29, 0.717) is 0 Å². The van der Waals surface area contributed by atoms with E-state index < -0.39 is 34.3 Å². The van der Waals surface area contributed by atoms with Gasteiger partial charge in [-0.2, -0.15) is 8.78 Å². The quantitative estimate of drug-likeness (QED) is 0.731. The number of carbonyl (C=O) groups is 1. The number of rotatable bonds is 5. The molecule has 1 amide bonds. The summed E-state index contributed by atoms with van der Waals surface area (Å²) in [5, 5.41) is 1.06. The molecule has 0 aliphatic carbocycles. The smallest absolute Gasteiger partial charge is 0.349 e. The molecular weight excluding hydrogens is 238 g/mol. The fourth-order valence-electron chi connectivity index (χ4n) is 0.571. The molecule has 0 spiro atoms. The van der Waals surface area contributed by atoms with Crippen molar-refractivity contribution in [3.8, 4) is 0 Å². The molecule has 2 atom stereocenters. The lowest BCUT2D eigenvalue weighted by molar-refractivity contribution is -0.169. The Balaban J connectivity index is 4.21. The van der Waals surface area contributed by atoms with Crippen LogP contribution in [-0.4, -0.2) is 40.5 Å². The minimum absolute atomic E-state index is 0.329. The maximum atomic E-state index is 12.4. The van der Waals surface area contributed by atoms with Crippen LogP contribution in [0.3, 0.4) is 0 Å². The summed E-state index contributed by atoms with van der Waals surface area (Å²) in [6.07, 6.45) is -2.72. The summed E-state index contributed by atoms with van der Waals surface area (Å²) in [5.41, 5.74) is 0. The third kappa shape index (κ3) is 4.15.